The highest BCUT2D eigenvalue weighted by Crippen LogP contribution is 2.29. The van der Waals surface area contributed by atoms with Gasteiger partial charge in [-0.2, -0.15) is 0 Å². The van der Waals surface area contributed by atoms with E-state index in [-0.39, 0.29) is 0 Å². The molecule has 2 aliphatic rings. The molecule has 1 N–H and O–H groups in total. The molecular weight excluding hydrogens is 198 g/mol. The average Bonchev–Trinajstić information content (AvgIpc) is 2.73. The molecule has 3 nitrogen and oxygen atoms in total. The monoisotopic (exact) mass is 217 g/mol. The van der Waals surface area contributed by atoms with Crippen LogP contribution in [0, 0.1) is 12.8 Å². The first kappa shape index (κ1) is 10.1. The summed E-state index contributed by atoms with van der Waals surface area (Å²) in [7, 11) is 0. The van der Waals surface area contributed by atoms with Gasteiger partial charge >= 0.3 is 0 Å². The zero-order valence-electron chi connectivity index (χ0n) is 9.82. The van der Waals surface area contributed by atoms with Crippen LogP contribution in [-0.4, -0.2) is 30.7 Å². The molecule has 0 saturated carbocycles. The number of anilines is 1. The van der Waals surface area contributed by atoms with Gasteiger partial charge in [0.05, 0.1) is 0 Å². The number of nitrogens with one attached hydrogen (secondary N) is 1. The van der Waals surface area contributed by atoms with E-state index in [0.29, 0.717) is 6.04 Å². The van der Waals surface area contributed by atoms with Crippen LogP contribution in [0.2, 0.25) is 0 Å². The predicted octanol–water partition coefficient (Wildman–Crippen LogP) is 1.58. The number of hydrogen-bond donors (Lipinski definition) is 1. The molecule has 0 bridgehead atoms. The second kappa shape index (κ2) is 4.06. The number of nitrogens with zero attached hydrogens (tertiary/aromatic N) is 2. The van der Waals surface area contributed by atoms with Crippen LogP contribution in [-0.2, 0) is 0 Å². The molecule has 0 amide bonds. The summed E-state index contributed by atoms with van der Waals surface area (Å²) in [5, 5.41) is 3.63. The lowest BCUT2D eigenvalue weighted by Crippen LogP contribution is -2.40. The van der Waals surface area contributed by atoms with Crippen molar-refractivity contribution >= 4 is 5.82 Å². The molecular formula is C13H19N3. The van der Waals surface area contributed by atoms with Crippen LogP contribution in [0.15, 0.2) is 18.3 Å². The van der Waals surface area contributed by atoms with E-state index < -0.39 is 0 Å². The molecule has 86 valence electrons. The number of rotatable bonds is 1. The lowest BCUT2D eigenvalue weighted by molar-refractivity contribution is 0.340. The van der Waals surface area contributed by atoms with Gasteiger partial charge in [-0.15, -0.1) is 0 Å². The minimum atomic E-state index is 0.690. The zero-order valence-corrected chi connectivity index (χ0v) is 9.82. The fourth-order valence-electron chi connectivity index (χ4n) is 3.03. The first-order chi connectivity index (χ1) is 7.84. The van der Waals surface area contributed by atoms with Gasteiger partial charge in [0.1, 0.15) is 5.82 Å². The molecule has 2 saturated heterocycles. The first-order valence-electron chi connectivity index (χ1n) is 6.24. The summed E-state index contributed by atoms with van der Waals surface area (Å²) in [6.07, 6.45) is 4.61. The Balaban J connectivity index is 1.80. The maximum atomic E-state index is 4.52. The lowest BCUT2D eigenvalue weighted by atomic mass is 9.94. The largest absolute Gasteiger partial charge is 0.354 e. The SMILES string of the molecule is Cc1cccnc1N1CC2CCCNC2C1. The van der Waals surface area contributed by atoms with Gasteiger partial charge in [-0.3, -0.25) is 0 Å². The molecule has 0 aromatic carbocycles. The normalized spacial score (nSPS) is 29.2. The number of hydrogen-bond acceptors (Lipinski definition) is 3. The van der Waals surface area contributed by atoms with Crippen LogP contribution in [0.3, 0.4) is 0 Å². The van der Waals surface area contributed by atoms with E-state index in [1.165, 1.54) is 37.3 Å². The molecule has 2 atom stereocenters. The fraction of sp³-hybridized carbons (Fsp3) is 0.615. The topological polar surface area (TPSA) is 28.2 Å². The Hall–Kier alpha value is -1.09. The number of fused-ring (bicyclic) bond motifs is 1. The maximum Gasteiger partial charge on any atom is 0.131 e. The van der Waals surface area contributed by atoms with Crippen LogP contribution in [0.1, 0.15) is 18.4 Å². The smallest absolute Gasteiger partial charge is 0.131 e. The molecule has 0 radical (unpaired) electrons. The summed E-state index contributed by atoms with van der Waals surface area (Å²) in [6, 6.07) is 4.85. The average molecular weight is 217 g/mol. The van der Waals surface area contributed by atoms with E-state index in [4.69, 9.17) is 0 Å². The summed E-state index contributed by atoms with van der Waals surface area (Å²) in [4.78, 5) is 6.96. The van der Waals surface area contributed by atoms with E-state index in [0.717, 1.165) is 12.5 Å². The van der Waals surface area contributed by atoms with Crippen molar-refractivity contribution in [1.82, 2.24) is 10.3 Å². The zero-order chi connectivity index (χ0) is 11.0. The number of aryl methyl sites for hydroxylation is 1. The van der Waals surface area contributed by atoms with Crippen LogP contribution in [0.25, 0.3) is 0 Å². The Morgan fingerprint density at radius 2 is 2.38 bits per heavy atom. The highest BCUT2D eigenvalue weighted by Gasteiger charge is 2.34. The molecule has 2 fully saturated rings. The van der Waals surface area contributed by atoms with Gasteiger partial charge in [-0.25, -0.2) is 4.98 Å². The lowest BCUT2D eigenvalue weighted by Gasteiger charge is -2.24. The molecule has 3 heteroatoms. The molecule has 1 aromatic rings. The molecule has 0 aliphatic carbocycles. The van der Waals surface area contributed by atoms with E-state index in [1.54, 1.807) is 0 Å². The molecule has 16 heavy (non-hydrogen) atoms. The minimum Gasteiger partial charge on any atom is -0.354 e. The van der Waals surface area contributed by atoms with E-state index in [1.807, 2.05) is 12.3 Å². The van der Waals surface area contributed by atoms with Crippen molar-refractivity contribution in [2.45, 2.75) is 25.8 Å². The summed E-state index contributed by atoms with van der Waals surface area (Å²) in [6.45, 7) is 5.64. The van der Waals surface area contributed by atoms with Crippen molar-refractivity contribution in [3.8, 4) is 0 Å². The summed E-state index contributed by atoms with van der Waals surface area (Å²) in [5.74, 6) is 2.01. The van der Waals surface area contributed by atoms with Gasteiger partial charge < -0.3 is 10.2 Å². The van der Waals surface area contributed by atoms with Gasteiger partial charge in [0.25, 0.3) is 0 Å². The van der Waals surface area contributed by atoms with E-state index in [2.05, 4.69) is 28.2 Å². The van der Waals surface area contributed by atoms with Gasteiger partial charge in [0, 0.05) is 25.3 Å². The van der Waals surface area contributed by atoms with E-state index >= 15 is 0 Å². The maximum absolute atomic E-state index is 4.52. The molecule has 2 unspecified atom stereocenters. The summed E-state index contributed by atoms with van der Waals surface area (Å²) >= 11 is 0. The first-order valence-corrected chi connectivity index (χ1v) is 6.24. The van der Waals surface area contributed by atoms with Crippen LogP contribution < -0.4 is 10.2 Å². The Bertz CT molecular complexity index is 363. The molecule has 0 spiro atoms. The number of aromatic nitrogens is 1. The third kappa shape index (κ3) is 1.69. The summed E-state index contributed by atoms with van der Waals surface area (Å²) < 4.78 is 0. The Morgan fingerprint density at radius 3 is 3.19 bits per heavy atom. The Kier molecular flexibility index (Phi) is 2.56. The van der Waals surface area contributed by atoms with Crippen LogP contribution in [0.5, 0.6) is 0 Å². The van der Waals surface area contributed by atoms with Crippen molar-refractivity contribution in [2.24, 2.45) is 5.92 Å². The third-order valence-electron chi connectivity index (χ3n) is 3.88. The highest BCUT2D eigenvalue weighted by atomic mass is 15.2. The van der Waals surface area contributed by atoms with Crippen molar-refractivity contribution < 1.29 is 0 Å². The van der Waals surface area contributed by atoms with Gasteiger partial charge in [-0.1, -0.05) is 6.07 Å². The van der Waals surface area contributed by atoms with Crippen LogP contribution >= 0.6 is 0 Å². The van der Waals surface area contributed by atoms with Crippen molar-refractivity contribution in [3.63, 3.8) is 0 Å². The molecule has 1 aromatic heterocycles. The third-order valence-corrected chi connectivity index (χ3v) is 3.88. The van der Waals surface area contributed by atoms with Crippen molar-refractivity contribution in [1.29, 1.82) is 0 Å². The van der Waals surface area contributed by atoms with Gasteiger partial charge in [0.15, 0.2) is 0 Å². The highest BCUT2D eigenvalue weighted by molar-refractivity contribution is 5.47. The number of pyridine rings is 1. The predicted molar refractivity (Wildman–Crippen MR) is 65.7 cm³/mol. The van der Waals surface area contributed by atoms with E-state index in [9.17, 15) is 0 Å². The second-order valence-corrected chi connectivity index (χ2v) is 5.01. The van der Waals surface area contributed by atoms with Gasteiger partial charge in [-0.05, 0) is 43.9 Å². The Morgan fingerprint density at radius 1 is 1.44 bits per heavy atom. The van der Waals surface area contributed by atoms with Crippen molar-refractivity contribution in [2.75, 3.05) is 24.5 Å². The van der Waals surface area contributed by atoms with Gasteiger partial charge in [0.2, 0.25) is 0 Å². The minimum absolute atomic E-state index is 0.690. The standard InChI is InChI=1S/C13H19N3/c1-10-4-2-7-15-13(10)16-8-11-5-3-6-14-12(11)9-16/h2,4,7,11-12,14H,3,5-6,8-9H2,1H3. The summed E-state index contributed by atoms with van der Waals surface area (Å²) in [5.41, 5.74) is 1.29. The molecule has 3 rings (SSSR count). The Labute approximate surface area is 96.9 Å². The fourth-order valence-corrected chi connectivity index (χ4v) is 3.03. The molecule has 3 heterocycles. The van der Waals surface area contributed by atoms with Crippen molar-refractivity contribution in [3.05, 3.63) is 23.9 Å². The quantitative estimate of drug-likeness (QED) is 0.774. The second-order valence-electron chi connectivity index (χ2n) is 5.01. The van der Waals surface area contributed by atoms with Crippen LogP contribution in [0.4, 0.5) is 5.82 Å². The molecule has 2 aliphatic heterocycles. The number of piperidine rings is 1.